The van der Waals surface area contributed by atoms with Gasteiger partial charge in [-0.1, -0.05) is 36.4 Å². The number of nitrogens with one attached hydrogen (secondary N) is 1. The van der Waals surface area contributed by atoms with E-state index < -0.39 is 0 Å². The van der Waals surface area contributed by atoms with Crippen molar-refractivity contribution in [2.24, 2.45) is 5.92 Å². The zero-order chi connectivity index (χ0) is 16.9. The molecule has 1 aliphatic heterocycles. The van der Waals surface area contributed by atoms with E-state index in [-0.39, 0.29) is 6.03 Å². The van der Waals surface area contributed by atoms with Crippen LogP contribution in [0.5, 0.6) is 5.75 Å². The molecule has 1 heterocycles. The second-order valence-electron chi connectivity index (χ2n) is 6.56. The molecule has 1 unspecified atom stereocenters. The topological polar surface area (TPSA) is 52.6 Å². The van der Waals surface area contributed by atoms with Gasteiger partial charge in [0.1, 0.15) is 5.75 Å². The van der Waals surface area contributed by atoms with Crippen molar-refractivity contribution in [2.45, 2.75) is 26.3 Å². The predicted molar refractivity (Wildman–Crippen MR) is 94.9 cm³/mol. The van der Waals surface area contributed by atoms with Crippen molar-refractivity contribution in [1.82, 2.24) is 10.2 Å². The van der Waals surface area contributed by atoms with Crippen molar-refractivity contribution < 1.29 is 9.90 Å². The van der Waals surface area contributed by atoms with Gasteiger partial charge in [0.05, 0.1) is 0 Å². The molecule has 0 aliphatic carbocycles. The molecule has 4 heteroatoms. The van der Waals surface area contributed by atoms with Crippen LogP contribution < -0.4 is 5.32 Å². The van der Waals surface area contributed by atoms with Gasteiger partial charge in [0, 0.05) is 19.6 Å². The van der Waals surface area contributed by atoms with Crippen LogP contribution in [0, 0.1) is 12.8 Å². The third kappa shape index (κ3) is 4.07. The SMILES string of the molecule is Cc1ccccc1CNC(=O)N1CCC(Cc2ccc(O)cc2)C1. The van der Waals surface area contributed by atoms with E-state index in [2.05, 4.69) is 18.3 Å². The Labute approximate surface area is 143 Å². The maximum absolute atomic E-state index is 12.4. The molecule has 4 nitrogen and oxygen atoms in total. The molecule has 126 valence electrons. The van der Waals surface area contributed by atoms with Gasteiger partial charge in [-0.2, -0.15) is 0 Å². The molecule has 0 spiro atoms. The number of phenolic OH excluding ortho intramolecular Hbond substituents is 1. The van der Waals surface area contributed by atoms with Crippen molar-refractivity contribution in [3.05, 3.63) is 65.2 Å². The van der Waals surface area contributed by atoms with E-state index >= 15 is 0 Å². The van der Waals surface area contributed by atoms with Crippen molar-refractivity contribution in [2.75, 3.05) is 13.1 Å². The predicted octanol–water partition coefficient (Wildman–Crippen LogP) is 3.47. The summed E-state index contributed by atoms with van der Waals surface area (Å²) in [5.41, 5.74) is 3.56. The molecular weight excluding hydrogens is 300 g/mol. The fourth-order valence-electron chi connectivity index (χ4n) is 3.24. The first-order chi connectivity index (χ1) is 11.6. The number of aromatic hydroxyl groups is 1. The first-order valence-electron chi connectivity index (χ1n) is 8.47. The molecule has 2 aromatic rings. The maximum Gasteiger partial charge on any atom is 0.317 e. The molecule has 1 fully saturated rings. The third-order valence-corrected chi connectivity index (χ3v) is 4.73. The number of carbonyl (C=O) groups excluding carboxylic acids is 1. The standard InChI is InChI=1S/C20H24N2O2/c1-15-4-2-3-5-18(15)13-21-20(24)22-11-10-17(14-22)12-16-6-8-19(23)9-7-16/h2-9,17,23H,10-14H2,1H3,(H,21,24). The minimum Gasteiger partial charge on any atom is -0.508 e. The maximum atomic E-state index is 12.4. The first kappa shape index (κ1) is 16.4. The quantitative estimate of drug-likeness (QED) is 0.905. The van der Waals surface area contributed by atoms with Gasteiger partial charge in [0.25, 0.3) is 0 Å². The summed E-state index contributed by atoms with van der Waals surface area (Å²) in [6, 6.07) is 15.5. The number of likely N-dealkylation sites (tertiary alicyclic amines) is 1. The van der Waals surface area contributed by atoms with Gasteiger partial charge in [-0.3, -0.25) is 0 Å². The molecule has 24 heavy (non-hydrogen) atoms. The summed E-state index contributed by atoms with van der Waals surface area (Å²) in [6.45, 7) is 4.23. The van der Waals surface area contributed by atoms with Crippen LogP contribution in [0.3, 0.4) is 0 Å². The number of benzene rings is 2. The Morgan fingerprint density at radius 3 is 2.71 bits per heavy atom. The molecule has 1 aliphatic rings. The summed E-state index contributed by atoms with van der Waals surface area (Å²) < 4.78 is 0. The van der Waals surface area contributed by atoms with Crippen molar-refractivity contribution in [1.29, 1.82) is 0 Å². The fourth-order valence-corrected chi connectivity index (χ4v) is 3.24. The smallest absolute Gasteiger partial charge is 0.317 e. The largest absolute Gasteiger partial charge is 0.508 e. The zero-order valence-electron chi connectivity index (χ0n) is 14.0. The van der Waals surface area contributed by atoms with Gasteiger partial charge in [-0.15, -0.1) is 0 Å². The number of hydrogen-bond acceptors (Lipinski definition) is 2. The Hall–Kier alpha value is -2.49. The van der Waals surface area contributed by atoms with E-state index in [0.29, 0.717) is 18.2 Å². The summed E-state index contributed by atoms with van der Waals surface area (Å²) >= 11 is 0. The highest BCUT2D eigenvalue weighted by atomic mass is 16.3. The number of aryl methyl sites for hydroxylation is 1. The van der Waals surface area contributed by atoms with E-state index in [4.69, 9.17) is 0 Å². The lowest BCUT2D eigenvalue weighted by Gasteiger charge is -2.18. The second-order valence-corrected chi connectivity index (χ2v) is 6.56. The summed E-state index contributed by atoms with van der Waals surface area (Å²) in [4.78, 5) is 14.3. The minimum atomic E-state index is 0.0199. The summed E-state index contributed by atoms with van der Waals surface area (Å²) in [6.07, 6.45) is 1.97. The summed E-state index contributed by atoms with van der Waals surface area (Å²) in [5.74, 6) is 0.779. The van der Waals surface area contributed by atoms with Crippen LogP contribution in [0.15, 0.2) is 48.5 Å². The average Bonchev–Trinajstić information content (AvgIpc) is 3.05. The van der Waals surface area contributed by atoms with E-state index in [9.17, 15) is 9.90 Å². The Kier molecular flexibility index (Phi) is 5.04. The average molecular weight is 324 g/mol. The van der Waals surface area contributed by atoms with Crippen LogP contribution in [-0.4, -0.2) is 29.1 Å². The molecule has 0 saturated carbocycles. The Bertz CT molecular complexity index is 697. The Balaban J connectivity index is 1.49. The lowest BCUT2D eigenvalue weighted by atomic mass is 9.99. The van der Waals surface area contributed by atoms with E-state index in [1.807, 2.05) is 35.2 Å². The van der Waals surface area contributed by atoms with Crippen LogP contribution in [0.2, 0.25) is 0 Å². The molecule has 2 N–H and O–H groups in total. The van der Waals surface area contributed by atoms with Crippen molar-refractivity contribution in [3.63, 3.8) is 0 Å². The Morgan fingerprint density at radius 1 is 1.21 bits per heavy atom. The highest BCUT2D eigenvalue weighted by Crippen LogP contribution is 2.22. The number of phenols is 1. The number of hydrogen-bond donors (Lipinski definition) is 2. The minimum absolute atomic E-state index is 0.0199. The second kappa shape index (κ2) is 7.39. The molecule has 0 aromatic heterocycles. The number of carbonyl (C=O) groups is 1. The van der Waals surface area contributed by atoms with Crippen molar-refractivity contribution in [3.8, 4) is 5.75 Å². The molecule has 0 bridgehead atoms. The number of nitrogens with zero attached hydrogens (tertiary/aromatic N) is 1. The van der Waals surface area contributed by atoms with E-state index in [1.54, 1.807) is 12.1 Å². The lowest BCUT2D eigenvalue weighted by Crippen LogP contribution is -2.38. The van der Waals surface area contributed by atoms with Gasteiger partial charge >= 0.3 is 6.03 Å². The molecule has 0 radical (unpaired) electrons. The van der Waals surface area contributed by atoms with Crippen LogP contribution >= 0.6 is 0 Å². The molecule has 3 rings (SSSR count). The monoisotopic (exact) mass is 324 g/mol. The van der Waals surface area contributed by atoms with Gasteiger partial charge in [0.2, 0.25) is 0 Å². The molecular formula is C20H24N2O2. The highest BCUT2D eigenvalue weighted by Gasteiger charge is 2.26. The van der Waals surface area contributed by atoms with Crippen LogP contribution in [0.25, 0.3) is 0 Å². The normalized spacial score (nSPS) is 17.0. The van der Waals surface area contributed by atoms with Gasteiger partial charge in [0.15, 0.2) is 0 Å². The van der Waals surface area contributed by atoms with Crippen LogP contribution in [0.1, 0.15) is 23.1 Å². The molecule has 1 saturated heterocycles. The molecule has 2 amide bonds. The van der Waals surface area contributed by atoms with Crippen molar-refractivity contribution >= 4 is 6.03 Å². The molecule has 1 atom stereocenters. The lowest BCUT2D eigenvalue weighted by molar-refractivity contribution is 0.206. The number of amides is 2. The summed E-state index contributed by atoms with van der Waals surface area (Å²) in [7, 11) is 0. The Morgan fingerprint density at radius 2 is 1.96 bits per heavy atom. The van der Waals surface area contributed by atoms with Crippen LogP contribution in [-0.2, 0) is 13.0 Å². The highest BCUT2D eigenvalue weighted by molar-refractivity contribution is 5.74. The molecule has 2 aromatic carbocycles. The number of rotatable bonds is 4. The van der Waals surface area contributed by atoms with Gasteiger partial charge in [-0.25, -0.2) is 4.79 Å². The van der Waals surface area contributed by atoms with E-state index in [1.165, 1.54) is 11.1 Å². The summed E-state index contributed by atoms with van der Waals surface area (Å²) in [5, 5.41) is 12.4. The van der Waals surface area contributed by atoms with Gasteiger partial charge in [-0.05, 0) is 54.5 Å². The first-order valence-corrected chi connectivity index (χ1v) is 8.47. The fraction of sp³-hybridized carbons (Fsp3) is 0.350. The third-order valence-electron chi connectivity index (χ3n) is 4.73. The zero-order valence-corrected chi connectivity index (χ0v) is 14.0. The van der Waals surface area contributed by atoms with Crippen LogP contribution in [0.4, 0.5) is 4.79 Å². The number of urea groups is 1. The van der Waals surface area contributed by atoms with Gasteiger partial charge < -0.3 is 15.3 Å². The van der Waals surface area contributed by atoms with E-state index in [0.717, 1.165) is 31.5 Å².